The maximum absolute atomic E-state index is 4.48. The van der Waals surface area contributed by atoms with E-state index in [-0.39, 0.29) is 0 Å². The van der Waals surface area contributed by atoms with Gasteiger partial charge in [0.05, 0.1) is 5.52 Å². The van der Waals surface area contributed by atoms with Gasteiger partial charge in [-0.05, 0) is 29.8 Å². The molecule has 0 radical (unpaired) electrons. The molecule has 0 spiro atoms. The number of nitrogens with zero attached hydrogens (tertiary/aromatic N) is 1. The second-order valence-corrected chi connectivity index (χ2v) is 6.18. The zero-order valence-corrected chi connectivity index (χ0v) is 12.6. The predicted molar refractivity (Wildman–Crippen MR) is 85.4 cm³/mol. The van der Waals surface area contributed by atoms with Gasteiger partial charge in [-0.15, -0.1) is 11.8 Å². The number of hydrogen-bond donors (Lipinski definition) is 0. The first-order chi connectivity index (χ1) is 9.33. The molecule has 3 rings (SSSR count). The molecule has 0 unspecified atom stereocenters. The van der Waals surface area contributed by atoms with Crippen molar-refractivity contribution >= 4 is 38.6 Å². The number of halogens is 1. The smallest absolute Gasteiger partial charge is 0.0837 e. The fraction of sp³-hybridized carbons (Fsp3) is 0.0625. The van der Waals surface area contributed by atoms with Gasteiger partial charge in [-0.25, -0.2) is 0 Å². The summed E-state index contributed by atoms with van der Waals surface area (Å²) in [7, 11) is 0. The van der Waals surface area contributed by atoms with Crippen molar-refractivity contribution in [2.45, 2.75) is 10.6 Å². The fourth-order valence-electron chi connectivity index (χ4n) is 1.93. The molecule has 1 heterocycles. The number of hydrogen-bond acceptors (Lipinski definition) is 2. The van der Waals surface area contributed by atoms with Gasteiger partial charge in [-0.1, -0.05) is 46.3 Å². The van der Waals surface area contributed by atoms with Crippen molar-refractivity contribution in [2.75, 3.05) is 0 Å². The highest BCUT2D eigenvalue weighted by Crippen LogP contribution is 2.29. The summed E-state index contributed by atoms with van der Waals surface area (Å²) in [6.45, 7) is 0. The standard InChI is InChI=1S/C16H12BrNS/c17-14-8-6-12(7-9-14)11-19-15-5-1-3-13-4-2-10-18-16(13)15/h1-10H,11H2. The van der Waals surface area contributed by atoms with Gasteiger partial charge in [0.2, 0.25) is 0 Å². The van der Waals surface area contributed by atoms with Crippen molar-refractivity contribution in [1.82, 2.24) is 4.98 Å². The van der Waals surface area contributed by atoms with Gasteiger partial charge in [-0.2, -0.15) is 0 Å². The molecule has 0 fully saturated rings. The first kappa shape index (κ1) is 12.7. The number of benzene rings is 2. The van der Waals surface area contributed by atoms with Crippen LogP contribution in [0.15, 0.2) is 70.2 Å². The van der Waals surface area contributed by atoms with E-state index in [1.54, 1.807) is 0 Å². The summed E-state index contributed by atoms with van der Waals surface area (Å²) >= 11 is 5.29. The highest BCUT2D eigenvalue weighted by molar-refractivity contribution is 9.10. The van der Waals surface area contributed by atoms with E-state index in [9.17, 15) is 0 Å². The van der Waals surface area contributed by atoms with Crippen LogP contribution < -0.4 is 0 Å². The molecule has 0 atom stereocenters. The fourth-order valence-corrected chi connectivity index (χ4v) is 3.20. The first-order valence-electron chi connectivity index (χ1n) is 6.04. The van der Waals surface area contributed by atoms with Crippen molar-refractivity contribution in [3.05, 3.63) is 70.8 Å². The van der Waals surface area contributed by atoms with Crippen LogP contribution in [0.5, 0.6) is 0 Å². The summed E-state index contributed by atoms with van der Waals surface area (Å²) in [5.74, 6) is 0.961. The average Bonchev–Trinajstić information content (AvgIpc) is 2.47. The molecule has 0 saturated heterocycles. The van der Waals surface area contributed by atoms with Crippen LogP contribution >= 0.6 is 27.7 Å². The van der Waals surface area contributed by atoms with Crippen LogP contribution in [-0.2, 0) is 5.75 Å². The molecule has 0 amide bonds. The minimum atomic E-state index is 0.961. The summed E-state index contributed by atoms with van der Waals surface area (Å²) in [5, 5.41) is 1.20. The molecule has 0 saturated carbocycles. The van der Waals surface area contributed by atoms with E-state index in [1.165, 1.54) is 15.8 Å². The van der Waals surface area contributed by atoms with E-state index in [4.69, 9.17) is 0 Å². The molecule has 1 aromatic heterocycles. The van der Waals surface area contributed by atoms with Crippen LogP contribution in [0.2, 0.25) is 0 Å². The molecule has 94 valence electrons. The third-order valence-corrected chi connectivity index (χ3v) is 4.55. The van der Waals surface area contributed by atoms with Crippen LogP contribution in [-0.4, -0.2) is 4.98 Å². The van der Waals surface area contributed by atoms with E-state index in [0.717, 1.165) is 15.7 Å². The number of aromatic nitrogens is 1. The molecule has 0 N–H and O–H groups in total. The lowest BCUT2D eigenvalue weighted by Gasteiger charge is -2.05. The number of thioether (sulfide) groups is 1. The van der Waals surface area contributed by atoms with E-state index in [0.29, 0.717) is 0 Å². The van der Waals surface area contributed by atoms with E-state index in [1.807, 2.05) is 24.0 Å². The Kier molecular flexibility index (Phi) is 3.85. The topological polar surface area (TPSA) is 12.9 Å². The Morgan fingerprint density at radius 1 is 0.947 bits per heavy atom. The summed E-state index contributed by atoms with van der Waals surface area (Å²) in [6.07, 6.45) is 1.85. The van der Waals surface area contributed by atoms with Crippen LogP contribution in [0.25, 0.3) is 10.9 Å². The zero-order valence-electron chi connectivity index (χ0n) is 10.2. The molecule has 0 bridgehead atoms. The molecular formula is C16H12BrNS. The molecule has 3 aromatic rings. The second-order valence-electron chi connectivity index (χ2n) is 4.25. The number of para-hydroxylation sites is 1. The number of pyridine rings is 1. The van der Waals surface area contributed by atoms with Crippen LogP contribution in [0, 0.1) is 0 Å². The Morgan fingerprint density at radius 3 is 2.58 bits per heavy atom. The van der Waals surface area contributed by atoms with Crippen molar-refractivity contribution in [2.24, 2.45) is 0 Å². The Morgan fingerprint density at radius 2 is 1.74 bits per heavy atom. The van der Waals surface area contributed by atoms with Crippen LogP contribution in [0.4, 0.5) is 0 Å². The Balaban J connectivity index is 1.84. The summed E-state index contributed by atoms with van der Waals surface area (Å²) in [4.78, 5) is 5.72. The van der Waals surface area contributed by atoms with Crippen molar-refractivity contribution in [3.63, 3.8) is 0 Å². The van der Waals surface area contributed by atoms with Gasteiger partial charge >= 0.3 is 0 Å². The molecule has 3 heteroatoms. The third-order valence-electron chi connectivity index (χ3n) is 2.90. The normalized spacial score (nSPS) is 10.8. The average molecular weight is 330 g/mol. The summed E-state index contributed by atoms with van der Waals surface area (Å²) < 4.78 is 1.12. The molecule has 0 aliphatic carbocycles. The molecule has 2 aromatic carbocycles. The van der Waals surface area contributed by atoms with Crippen molar-refractivity contribution < 1.29 is 0 Å². The molecule has 1 nitrogen and oxygen atoms in total. The highest BCUT2D eigenvalue weighted by atomic mass is 79.9. The first-order valence-corrected chi connectivity index (χ1v) is 7.82. The highest BCUT2D eigenvalue weighted by Gasteiger charge is 2.02. The largest absolute Gasteiger partial charge is 0.255 e. The van der Waals surface area contributed by atoms with Gasteiger partial charge in [0.1, 0.15) is 0 Å². The minimum absolute atomic E-state index is 0.961. The van der Waals surface area contributed by atoms with E-state index in [2.05, 4.69) is 69.4 Å². The Bertz CT molecular complexity index is 689. The molecule has 0 aliphatic rings. The molecule has 19 heavy (non-hydrogen) atoms. The summed E-state index contributed by atoms with van der Waals surface area (Å²) in [6, 6.07) is 18.9. The molecule has 0 aliphatic heterocycles. The number of fused-ring (bicyclic) bond motifs is 1. The lowest BCUT2D eigenvalue weighted by Crippen LogP contribution is -1.84. The van der Waals surface area contributed by atoms with Gasteiger partial charge in [0.15, 0.2) is 0 Å². The minimum Gasteiger partial charge on any atom is -0.255 e. The Labute approximate surface area is 125 Å². The summed E-state index contributed by atoms with van der Waals surface area (Å²) in [5.41, 5.74) is 2.41. The van der Waals surface area contributed by atoms with Crippen molar-refractivity contribution in [3.8, 4) is 0 Å². The zero-order chi connectivity index (χ0) is 13.1. The number of rotatable bonds is 3. The maximum atomic E-state index is 4.48. The van der Waals surface area contributed by atoms with Gasteiger partial charge < -0.3 is 0 Å². The Hall–Kier alpha value is -1.32. The third kappa shape index (κ3) is 2.99. The van der Waals surface area contributed by atoms with E-state index >= 15 is 0 Å². The predicted octanol–water partition coefficient (Wildman–Crippen LogP) is 5.29. The quantitative estimate of drug-likeness (QED) is 0.605. The van der Waals surface area contributed by atoms with Gasteiger partial charge in [-0.3, -0.25) is 4.98 Å². The maximum Gasteiger partial charge on any atom is 0.0837 e. The van der Waals surface area contributed by atoms with Crippen LogP contribution in [0.1, 0.15) is 5.56 Å². The molecular weight excluding hydrogens is 318 g/mol. The monoisotopic (exact) mass is 329 g/mol. The van der Waals surface area contributed by atoms with Gasteiger partial charge in [0.25, 0.3) is 0 Å². The second kappa shape index (κ2) is 5.76. The van der Waals surface area contributed by atoms with Crippen LogP contribution in [0.3, 0.4) is 0 Å². The van der Waals surface area contributed by atoms with Crippen molar-refractivity contribution in [1.29, 1.82) is 0 Å². The lowest BCUT2D eigenvalue weighted by molar-refractivity contribution is 1.33. The van der Waals surface area contributed by atoms with Gasteiger partial charge in [0, 0.05) is 26.7 Å². The lowest BCUT2D eigenvalue weighted by atomic mass is 10.2. The SMILES string of the molecule is Brc1ccc(CSc2cccc3cccnc23)cc1. The van der Waals surface area contributed by atoms with E-state index < -0.39 is 0 Å².